The first-order valence-corrected chi connectivity index (χ1v) is 6.84. The molecule has 0 aliphatic carbocycles. The van der Waals surface area contributed by atoms with Crippen molar-refractivity contribution in [2.75, 3.05) is 11.9 Å². The number of hydrogen-bond acceptors (Lipinski definition) is 2. The summed E-state index contributed by atoms with van der Waals surface area (Å²) in [7, 11) is 0. The van der Waals surface area contributed by atoms with Crippen LogP contribution in [0.5, 0.6) is 5.75 Å². The fraction of sp³-hybridized carbons (Fsp3) is 0.235. The first kappa shape index (κ1) is 15.0. The summed E-state index contributed by atoms with van der Waals surface area (Å²) in [5.41, 5.74) is 0.897. The highest BCUT2D eigenvalue weighted by Crippen LogP contribution is 2.19. The average molecular weight is 287 g/mol. The zero-order valence-corrected chi connectivity index (χ0v) is 12.1. The minimum Gasteiger partial charge on any atom is -0.493 e. The fourth-order valence-electron chi connectivity index (χ4n) is 1.76. The molecule has 1 amide bonds. The zero-order valence-electron chi connectivity index (χ0n) is 12.1. The second kappa shape index (κ2) is 6.88. The number of carbonyl (C=O) groups excluding carboxylic acids is 1. The van der Waals surface area contributed by atoms with E-state index in [4.69, 9.17) is 4.74 Å². The number of carbonyl (C=O) groups is 1. The molecule has 0 spiro atoms. The van der Waals surface area contributed by atoms with E-state index >= 15 is 0 Å². The molecule has 0 bridgehead atoms. The van der Waals surface area contributed by atoms with Crippen molar-refractivity contribution in [3.05, 3.63) is 59.9 Å². The minimum atomic E-state index is -0.434. The van der Waals surface area contributed by atoms with Gasteiger partial charge in [-0.3, -0.25) is 4.79 Å². The number of nitrogens with one attached hydrogen (secondary N) is 1. The molecule has 0 radical (unpaired) electrons. The third kappa shape index (κ3) is 4.60. The second-order valence-corrected chi connectivity index (χ2v) is 5.20. The summed E-state index contributed by atoms with van der Waals surface area (Å²) >= 11 is 0. The first-order valence-electron chi connectivity index (χ1n) is 6.84. The normalized spacial score (nSPS) is 10.5. The highest BCUT2D eigenvalue weighted by atomic mass is 19.1. The number of amides is 1. The fourth-order valence-corrected chi connectivity index (χ4v) is 1.76. The molecule has 0 saturated heterocycles. The molecule has 3 nitrogen and oxygen atoms in total. The number of rotatable bonds is 5. The van der Waals surface area contributed by atoms with Crippen LogP contribution in [0.2, 0.25) is 0 Å². The van der Waals surface area contributed by atoms with E-state index in [1.807, 2.05) is 6.07 Å². The van der Waals surface area contributed by atoms with E-state index in [9.17, 15) is 9.18 Å². The van der Waals surface area contributed by atoms with E-state index < -0.39 is 5.82 Å². The van der Waals surface area contributed by atoms with Crippen LogP contribution in [-0.4, -0.2) is 12.5 Å². The number of hydrogen-bond donors (Lipinski definition) is 1. The van der Waals surface area contributed by atoms with Gasteiger partial charge >= 0.3 is 0 Å². The van der Waals surface area contributed by atoms with Gasteiger partial charge in [-0.05, 0) is 36.2 Å². The van der Waals surface area contributed by atoms with Gasteiger partial charge in [0.2, 0.25) is 0 Å². The molecule has 0 aliphatic heterocycles. The molecule has 0 aliphatic rings. The molecule has 2 aromatic rings. The van der Waals surface area contributed by atoms with E-state index in [1.165, 1.54) is 18.2 Å². The van der Waals surface area contributed by atoms with Crippen molar-refractivity contribution in [3.63, 3.8) is 0 Å². The smallest absolute Gasteiger partial charge is 0.255 e. The third-order valence-corrected chi connectivity index (χ3v) is 2.76. The molecule has 0 fully saturated rings. The van der Waals surface area contributed by atoms with Gasteiger partial charge < -0.3 is 10.1 Å². The summed E-state index contributed by atoms with van der Waals surface area (Å²) in [4.78, 5) is 12.0. The van der Waals surface area contributed by atoms with E-state index in [2.05, 4.69) is 19.2 Å². The summed E-state index contributed by atoms with van der Waals surface area (Å²) in [6, 6.07) is 12.7. The maximum absolute atomic E-state index is 13.1. The highest BCUT2D eigenvalue weighted by molar-refractivity contribution is 6.04. The van der Waals surface area contributed by atoms with Crippen molar-refractivity contribution in [1.82, 2.24) is 0 Å². The lowest BCUT2D eigenvalue weighted by molar-refractivity contribution is 0.102. The van der Waals surface area contributed by atoms with Crippen LogP contribution in [0.25, 0.3) is 0 Å². The van der Waals surface area contributed by atoms with Gasteiger partial charge in [0.1, 0.15) is 11.6 Å². The van der Waals surface area contributed by atoms with Gasteiger partial charge in [0.25, 0.3) is 5.91 Å². The van der Waals surface area contributed by atoms with Crippen molar-refractivity contribution >= 4 is 11.6 Å². The second-order valence-electron chi connectivity index (χ2n) is 5.20. The molecule has 2 rings (SSSR count). The van der Waals surface area contributed by atoms with Crippen LogP contribution in [0.3, 0.4) is 0 Å². The van der Waals surface area contributed by atoms with Gasteiger partial charge in [0, 0.05) is 17.3 Å². The van der Waals surface area contributed by atoms with E-state index in [0.717, 1.165) is 0 Å². The van der Waals surface area contributed by atoms with Crippen molar-refractivity contribution < 1.29 is 13.9 Å². The Labute approximate surface area is 123 Å². The molecule has 4 heteroatoms. The SMILES string of the molecule is CC(C)COc1cccc(NC(=O)c2cccc(F)c2)c1. The molecule has 0 heterocycles. The molecule has 2 aromatic carbocycles. The molecule has 0 aromatic heterocycles. The largest absolute Gasteiger partial charge is 0.493 e. The van der Waals surface area contributed by atoms with Crippen LogP contribution in [0, 0.1) is 11.7 Å². The molecular weight excluding hydrogens is 269 g/mol. The monoisotopic (exact) mass is 287 g/mol. The predicted molar refractivity (Wildman–Crippen MR) is 81.1 cm³/mol. The molecule has 0 unspecified atom stereocenters. The van der Waals surface area contributed by atoms with Crippen molar-refractivity contribution in [3.8, 4) is 5.75 Å². The first-order chi connectivity index (χ1) is 10.0. The Morgan fingerprint density at radius 3 is 2.67 bits per heavy atom. The topological polar surface area (TPSA) is 38.3 Å². The Bertz CT molecular complexity index is 626. The molecule has 21 heavy (non-hydrogen) atoms. The van der Waals surface area contributed by atoms with Crippen LogP contribution >= 0.6 is 0 Å². The van der Waals surface area contributed by atoms with E-state index in [0.29, 0.717) is 24.0 Å². The van der Waals surface area contributed by atoms with Crippen LogP contribution in [-0.2, 0) is 0 Å². The lowest BCUT2D eigenvalue weighted by Crippen LogP contribution is -2.12. The van der Waals surface area contributed by atoms with Gasteiger partial charge in [-0.15, -0.1) is 0 Å². The lowest BCUT2D eigenvalue weighted by atomic mass is 10.2. The van der Waals surface area contributed by atoms with Crippen molar-refractivity contribution in [2.24, 2.45) is 5.92 Å². The summed E-state index contributed by atoms with van der Waals surface area (Å²) < 4.78 is 18.7. The number of ether oxygens (including phenoxy) is 1. The number of anilines is 1. The predicted octanol–water partition coefficient (Wildman–Crippen LogP) is 4.11. The molecule has 0 saturated carbocycles. The van der Waals surface area contributed by atoms with Gasteiger partial charge in [-0.1, -0.05) is 26.0 Å². The Balaban J connectivity index is 2.05. The van der Waals surface area contributed by atoms with E-state index in [1.54, 1.807) is 24.3 Å². The maximum atomic E-state index is 13.1. The summed E-state index contributed by atoms with van der Waals surface area (Å²) in [6.45, 7) is 4.74. The van der Waals surface area contributed by atoms with Gasteiger partial charge in [0.05, 0.1) is 6.61 Å². The van der Waals surface area contributed by atoms with Crippen molar-refractivity contribution in [2.45, 2.75) is 13.8 Å². The molecular formula is C17H18FNO2. The quantitative estimate of drug-likeness (QED) is 0.898. The Morgan fingerprint density at radius 1 is 1.19 bits per heavy atom. The van der Waals surface area contributed by atoms with E-state index in [-0.39, 0.29) is 11.5 Å². The maximum Gasteiger partial charge on any atom is 0.255 e. The third-order valence-electron chi connectivity index (χ3n) is 2.76. The summed E-state index contributed by atoms with van der Waals surface area (Å²) in [5, 5.41) is 2.73. The Kier molecular flexibility index (Phi) is 4.93. The summed E-state index contributed by atoms with van der Waals surface area (Å²) in [5.74, 6) is 0.337. The van der Waals surface area contributed by atoms with Crippen LogP contribution in [0.1, 0.15) is 24.2 Å². The minimum absolute atomic E-state index is 0.281. The molecule has 1 N–H and O–H groups in total. The van der Waals surface area contributed by atoms with Gasteiger partial charge in [-0.2, -0.15) is 0 Å². The van der Waals surface area contributed by atoms with Crippen molar-refractivity contribution in [1.29, 1.82) is 0 Å². The Morgan fingerprint density at radius 2 is 1.95 bits per heavy atom. The summed E-state index contributed by atoms with van der Waals surface area (Å²) in [6.07, 6.45) is 0. The molecule has 0 atom stereocenters. The highest BCUT2D eigenvalue weighted by Gasteiger charge is 2.07. The van der Waals surface area contributed by atoms with Crippen LogP contribution < -0.4 is 10.1 Å². The standard InChI is InChI=1S/C17H18FNO2/c1-12(2)11-21-16-8-4-7-15(10-16)19-17(20)13-5-3-6-14(18)9-13/h3-10,12H,11H2,1-2H3,(H,19,20). The zero-order chi connectivity index (χ0) is 15.2. The van der Waals surface area contributed by atoms with Crippen LogP contribution in [0.4, 0.5) is 10.1 Å². The van der Waals surface area contributed by atoms with Crippen LogP contribution in [0.15, 0.2) is 48.5 Å². The average Bonchev–Trinajstić information content (AvgIpc) is 2.45. The van der Waals surface area contributed by atoms with Gasteiger partial charge in [-0.25, -0.2) is 4.39 Å². The lowest BCUT2D eigenvalue weighted by Gasteiger charge is -2.10. The van der Waals surface area contributed by atoms with Gasteiger partial charge in [0.15, 0.2) is 0 Å². The molecule has 110 valence electrons. The number of benzene rings is 2. The number of halogens is 1. The Hall–Kier alpha value is -2.36.